The van der Waals surface area contributed by atoms with E-state index >= 15 is 0 Å². The first kappa shape index (κ1) is 17.4. The predicted octanol–water partition coefficient (Wildman–Crippen LogP) is 2.66. The summed E-state index contributed by atoms with van der Waals surface area (Å²) in [4.78, 5) is 12.9. The van der Waals surface area contributed by atoms with Gasteiger partial charge in [0, 0.05) is 6.20 Å². The minimum absolute atomic E-state index is 0.162. The number of rotatable bonds is 5. The maximum atomic E-state index is 12.9. The smallest absolute Gasteiger partial charge is 0.280 e. The summed E-state index contributed by atoms with van der Waals surface area (Å²) in [6.45, 7) is 3.98. The van der Waals surface area contributed by atoms with Gasteiger partial charge in [-0.15, -0.1) is 0 Å². The van der Waals surface area contributed by atoms with E-state index in [0.717, 1.165) is 17.1 Å². The number of para-hydroxylation sites is 3. The summed E-state index contributed by atoms with van der Waals surface area (Å²) in [5.74, 6) is 0. The van der Waals surface area contributed by atoms with Crippen LogP contribution in [0.4, 0.5) is 11.4 Å². The van der Waals surface area contributed by atoms with E-state index in [1.54, 1.807) is 6.20 Å². The van der Waals surface area contributed by atoms with E-state index in [9.17, 15) is 4.79 Å². The van der Waals surface area contributed by atoms with Gasteiger partial charge in [0.25, 0.3) is 5.56 Å². The first-order valence-electron chi connectivity index (χ1n) is 8.96. The minimum atomic E-state index is -0.162. The fraction of sp³-hybridized carbons (Fsp3) is 0. The van der Waals surface area contributed by atoms with Crippen LogP contribution < -0.4 is 26.6 Å². The summed E-state index contributed by atoms with van der Waals surface area (Å²) in [7, 11) is 0. The number of aromatic nitrogens is 2. The molecule has 138 valence electrons. The molecule has 0 bridgehead atoms. The molecule has 1 heterocycles. The third kappa shape index (κ3) is 3.46. The van der Waals surface area contributed by atoms with E-state index in [0.29, 0.717) is 10.6 Å². The number of anilines is 2. The quantitative estimate of drug-likeness (QED) is 0.533. The summed E-state index contributed by atoms with van der Waals surface area (Å²) in [5, 5.41) is 5.97. The highest BCUT2D eigenvalue weighted by atomic mass is 16.1. The number of aromatic amines is 1. The molecule has 5 nitrogen and oxygen atoms in total. The largest absolute Gasteiger partial charge is 0.300 e. The average molecular weight is 368 g/mol. The lowest BCUT2D eigenvalue weighted by Crippen LogP contribution is -2.39. The van der Waals surface area contributed by atoms with Crippen LogP contribution in [-0.4, -0.2) is 9.78 Å². The Balaban J connectivity index is 1.75. The Labute approximate surface area is 162 Å². The molecule has 0 unspecified atom stereocenters. The van der Waals surface area contributed by atoms with Crippen LogP contribution in [0, 0.1) is 0 Å². The number of nitrogens with zero attached hydrogens (tertiary/aromatic N) is 2. The molecule has 3 aromatic carbocycles. The van der Waals surface area contributed by atoms with Crippen molar-refractivity contribution in [3.05, 3.63) is 112 Å². The molecule has 0 spiro atoms. The normalized spacial score (nSPS) is 11.4. The molecular weight excluding hydrogens is 348 g/mol. The van der Waals surface area contributed by atoms with Crippen molar-refractivity contribution in [3.8, 4) is 5.69 Å². The molecule has 0 saturated heterocycles. The van der Waals surface area contributed by atoms with Crippen molar-refractivity contribution in [1.29, 1.82) is 0 Å². The number of H-pyrrole nitrogens is 1. The maximum absolute atomic E-state index is 12.9. The highest BCUT2D eigenvalue weighted by Crippen LogP contribution is 2.22. The number of hydrazine groups is 1. The van der Waals surface area contributed by atoms with Crippen molar-refractivity contribution in [2.24, 2.45) is 0 Å². The van der Waals surface area contributed by atoms with Gasteiger partial charge in [0.2, 0.25) is 0 Å². The molecule has 1 aromatic heterocycles. The summed E-state index contributed by atoms with van der Waals surface area (Å²) in [6.07, 6.45) is 1.68. The molecule has 0 atom stereocenters. The third-order valence-electron chi connectivity index (χ3n) is 4.39. The fourth-order valence-corrected chi connectivity index (χ4v) is 2.98. The zero-order chi connectivity index (χ0) is 19.3. The number of nitrogens with one attached hydrogen (secondary N) is 2. The zero-order valence-electron chi connectivity index (χ0n) is 15.2. The van der Waals surface area contributed by atoms with Crippen LogP contribution >= 0.6 is 0 Å². The Morgan fingerprint density at radius 3 is 1.86 bits per heavy atom. The van der Waals surface area contributed by atoms with E-state index in [4.69, 9.17) is 0 Å². The Kier molecular flexibility index (Phi) is 4.80. The molecule has 28 heavy (non-hydrogen) atoms. The zero-order valence-corrected chi connectivity index (χ0v) is 15.2. The second kappa shape index (κ2) is 7.72. The van der Waals surface area contributed by atoms with Gasteiger partial charge < -0.3 is 5.43 Å². The first-order chi connectivity index (χ1) is 13.7. The van der Waals surface area contributed by atoms with Gasteiger partial charge in [0.1, 0.15) is 0 Å². The fourth-order valence-electron chi connectivity index (χ4n) is 2.98. The third-order valence-corrected chi connectivity index (χ3v) is 4.39. The van der Waals surface area contributed by atoms with Gasteiger partial charge in [-0.3, -0.25) is 14.9 Å². The Bertz CT molecular complexity index is 1170. The van der Waals surface area contributed by atoms with Crippen molar-refractivity contribution >= 4 is 24.2 Å². The molecular formula is C23H20N4O. The average Bonchev–Trinajstić information content (AvgIpc) is 3.04. The predicted molar refractivity (Wildman–Crippen MR) is 114 cm³/mol. The lowest BCUT2D eigenvalue weighted by Gasteiger charge is -2.24. The summed E-state index contributed by atoms with van der Waals surface area (Å²) in [5.41, 5.74) is 5.76. The molecule has 5 heteroatoms. The topological polar surface area (TPSA) is 53.1 Å². The Hall–Kier alpha value is -3.99. The Morgan fingerprint density at radius 1 is 0.821 bits per heavy atom. The van der Waals surface area contributed by atoms with E-state index < -0.39 is 0 Å². The monoisotopic (exact) mass is 368 g/mol. The maximum Gasteiger partial charge on any atom is 0.280 e. The highest BCUT2D eigenvalue weighted by Gasteiger charge is 2.08. The van der Waals surface area contributed by atoms with Crippen LogP contribution in [0.3, 0.4) is 0 Å². The molecule has 0 aliphatic carbocycles. The number of hydrogen-bond acceptors (Lipinski definition) is 3. The van der Waals surface area contributed by atoms with Crippen LogP contribution in [0.2, 0.25) is 0 Å². The van der Waals surface area contributed by atoms with Gasteiger partial charge >= 0.3 is 0 Å². The van der Waals surface area contributed by atoms with Gasteiger partial charge in [-0.2, -0.15) is 0 Å². The van der Waals surface area contributed by atoms with Gasteiger partial charge in [-0.1, -0.05) is 61.2 Å². The van der Waals surface area contributed by atoms with Gasteiger partial charge in [0.15, 0.2) is 0 Å². The second-order valence-corrected chi connectivity index (χ2v) is 6.26. The van der Waals surface area contributed by atoms with E-state index in [1.807, 2.05) is 96.0 Å². The van der Waals surface area contributed by atoms with Crippen molar-refractivity contribution in [3.63, 3.8) is 0 Å². The van der Waals surface area contributed by atoms with Crippen molar-refractivity contribution in [2.75, 3.05) is 5.01 Å². The van der Waals surface area contributed by atoms with Crippen molar-refractivity contribution in [1.82, 2.24) is 15.2 Å². The SMILES string of the molecule is C=c1[nH]n(-c2ccccc2)c(=O)/c1=C\NN(c1ccccc1)c1ccccc1. The minimum Gasteiger partial charge on any atom is -0.300 e. The molecule has 0 fully saturated rings. The van der Waals surface area contributed by atoms with Crippen LogP contribution in [0.15, 0.2) is 95.8 Å². The molecule has 0 radical (unpaired) electrons. The standard InChI is InChI=1S/C23H20N4O/c1-18-22(23(28)27(25-18)21-15-9-4-10-16-21)17-24-26(19-11-5-2-6-12-19)20-13-7-3-8-14-20/h2-17,24-25H,1H2/b22-17-. The molecule has 0 saturated carbocycles. The van der Waals surface area contributed by atoms with Crippen LogP contribution in [0.1, 0.15) is 0 Å². The van der Waals surface area contributed by atoms with Gasteiger partial charge in [0.05, 0.1) is 27.6 Å². The van der Waals surface area contributed by atoms with Gasteiger partial charge in [-0.25, -0.2) is 4.68 Å². The summed E-state index contributed by atoms with van der Waals surface area (Å²) >= 11 is 0. The lowest BCUT2D eigenvalue weighted by molar-refractivity contribution is 0.838. The van der Waals surface area contributed by atoms with Crippen molar-refractivity contribution < 1.29 is 0 Å². The molecule has 0 aliphatic rings. The van der Waals surface area contributed by atoms with Gasteiger partial charge in [-0.05, 0) is 36.4 Å². The van der Waals surface area contributed by atoms with Crippen LogP contribution in [-0.2, 0) is 0 Å². The summed E-state index contributed by atoms with van der Waals surface area (Å²) in [6, 6.07) is 29.2. The van der Waals surface area contributed by atoms with Crippen LogP contribution in [0.25, 0.3) is 18.5 Å². The summed E-state index contributed by atoms with van der Waals surface area (Å²) < 4.78 is 1.49. The van der Waals surface area contributed by atoms with E-state index in [2.05, 4.69) is 17.1 Å². The van der Waals surface area contributed by atoms with E-state index in [-0.39, 0.29) is 5.56 Å². The van der Waals surface area contributed by atoms with Crippen LogP contribution in [0.5, 0.6) is 0 Å². The number of benzene rings is 3. The lowest BCUT2D eigenvalue weighted by atomic mass is 10.2. The first-order valence-corrected chi connectivity index (χ1v) is 8.96. The van der Waals surface area contributed by atoms with Crippen molar-refractivity contribution in [2.45, 2.75) is 0 Å². The molecule has 0 aliphatic heterocycles. The number of hydrogen-bond donors (Lipinski definition) is 2. The Morgan fingerprint density at radius 2 is 1.32 bits per heavy atom. The van der Waals surface area contributed by atoms with E-state index in [1.165, 1.54) is 4.68 Å². The molecule has 0 amide bonds. The second-order valence-electron chi connectivity index (χ2n) is 6.26. The molecule has 4 aromatic rings. The molecule has 4 rings (SSSR count). The molecule has 2 N–H and O–H groups in total. The highest BCUT2D eigenvalue weighted by molar-refractivity contribution is 5.63.